The van der Waals surface area contributed by atoms with Crippen LogP contribution in [0.1, 0.15) is 46.6 Å². The van der Waals surface area contributed by atoms with Crippen LogP contribution in [0.3, 0.4) is 0 Å². The van der Waals surface area contributed by atoms with E-state index >= 15 is 0 Å². The number of ether oxygens (including phenoxy) is 1. The Morgan fingerprint density at radius 3 is 2.36 bits per heavy atom. The fourth-order valence-electron chi connectivity index (χ4n) is 4.10. The number of benzene rings is 2. The summed E-state index contributed by atoms with van der Waals surface area (Å²) in [5.41, 5.74) is 0.482. The fourth-order valence-corrected chi connectivity index (χ4v) is 4.33. The van der Waals surface area contributed by atoms with Crippen molar-refractivity contribution >= 4 is 29.1 Å². The quantitative estimate of drug-likeness (QED) is 0.514. The van der Waals surface area contributed by atoms with Crippen LogP contribution in [-0.4, -0.2) is 39.2 Å². The number of carbonyl (C=O) groups excluding carboxylic acids is 1. The number of rotatable bonds is 7. The lowest BCUT2D eigenvalue weighted by Crippen LogP contribution is -2.47. The molecular weight excluding hydrogens is 463 g/mol. The predicted octanol–water partition coefficient (Wildman–Crippen LogP) is 4.48. The maximum atomic E-state index is 13.8. The molecule has 172 valence electrons. The van der Waals surface area contributed by atoms with Crippen LogP contribution in [0, 0.1) is 0 Å². The minimum atomic E-state index is -1.32. The zero-order chi connectivity index (χ0) is 23.8. The molecule has 4 rings (SSSR count). The van der Waals surface area contributed by atoms with Gasteiger partial charge in [0, 0.05) is 27.9 Å². The van der Waals surface area contributed by atoms with Gasteiger partial charge in [-0.25, -0.2) is 0 Å². The van der Waals surface area contributed by atoms with Gasteiger partial charge in [-0.15, -0.1) is 0 Å². The second kappa shape index (κ2) is 9.05. The number of carbonyl (C=O) groups is 1. The average molecular weight is 487 g/mol. The van der Waals surface area contributed by atoms with Crippen LogP contribution in [0.25, 0.3) is 0 Å². The van der Waals surface area contributed by atoms with Crippen molar-refractivity contribution < 1.29 is 19.7 Å². The number of aromatic nitrogens is 1. The van der Waals surface area contributed by atoms with E-state index in [2.05, 4.69) is 4.98 Å². The highest BCUT2D eigenvalue weighted by Crippen LogP contribution is 2.47. The van der Waals surface area contributed by atoms with Crippen molar-refractivity contribution in [3.8, 4) is 0 Å². The fraction of sp³-hybridized carbons (Fsp3) is 0.280. The largest absolute Gasteiger partial charge is 0.394 e. The van der Waals surface area contributed by atoms with E-state index in [-0.39, 0.29) is 25.7 Å². The summed E-state index contributed by atoms with van der Waals surface area (Å²) in [6, 6.07) is 15.8. The molecule has 8 heteroatoms. The number of fused-ring (bicyclic) bond motifs is 1. The number of aliphatic hydroxyl groups is 2. The lowest BCUT2D eigenvalue weighted by Gasteiger charge is -2.39. The van der Waals surface area contributed by atoms with Crippen LogP contribution in [0.2, 0.25) is 10.0 Å². The molecule has 2 heterocycles. The van der Waals surface area contributed by atoms with E-state index in [9.17, 15) is 15.0 Å². The summed E-state index contributed by atoms with van der Waals surface area (Å²) < 4.78 is 6.29. The van der Waals surface area contributed by atoms with E-state index in [4.69, 9.17) is 27.9 Å². The molecule has 1 aliphatic rings. The van der Waals surface area contributed by atoms with Gasteiger partial charge in [0.2, 0.25) is 0 Å². The Bertz CT molecular complexity index is 1160. The molecule has 0 radical (unpaired) electrons. The molecule has 0 saturated carbocycles. The molecule has 3 aromatic rings. The molecule has 33 heavy (non-hydrogen) atoms. The van der Waals surface area contributed by atoms with Crippen LogP contribution in [-0.2, 0) is 22.6 Å². The molecule has 0 aliphatic carbocycles. The molecule has 1 aliphatic heterocycles. The van der Waals surface area contributed by atoms with E-state index < -0.39 is 11.3 Å². The standard InChI is InChI=1S/C25H24Cl2N2O4/c1-24(2,32)17-5-10-22-21(13-17)23(31)29(15-20-9-8-19(27)14-28-20)25(22,33-12-11-30)16-3-6-18(26)7-4-16/h3-10,13-14,30,32H,11-12,15H2,1-2H3/t25-/m1/s1. The van der Waals surface area contributed by atoms with Crippen molar-refractivity contribution in [2.45, 2.75) is 31.7 Å². The number of nitrogens with zero attached hydrogens (tertiary/aromatic N) is 2. The van der Waals surface area contributed by atoms with Gasteiger partial charge < -0.3 is 14.9 Å². The number of pyridine rings is 1. The zero-order valence-electron chi connectivity index (χ0n) is 18.3. The highest BCUT2D eigenvalue weighted by atomic mass is 35.5. The molecule has 1 aromatic heterocycles. The first kappa shape index (κ1) is 23.7. The van der Waals surface area contributed by atoms with Crippen molar-refractivity contribution in [1.82, 2.24) is 9.88 Å². The monoisotopic (exact) mass is 486 g/mol. The zero-order valence-corrected chi connectivity index (χ0v) is 19.8. The van der Waals surface area contributed by atoms with Gasteiger partial charge in [-0.05, 0) is 49.7 Å². The van der Waals surface area contributed by atoms with Crippen LogP contribution in [0.15, 0.2) is 60.8 Å². The van der Waals surface area contributed by atoms with Gasteiger partial charge in [0.25, 0.3) is 5.91 Å². The predicted molar refractivity (Wildman–Crippen MR) is 126 cm³/mol. The Morgan fingerprint density at radius 1 is 1.06 bits per heavy atom. The highest BCUT2D eigenvalue weighted by molar-refractivity contribution is 6.30. The Hall–Kier alpha value is -2.48. The summed E-state index contributed by atoms with van der Waals surface area (Å²) in [4.78, 5) is 19.7. The minimum absolute atomic E-state index is 0.00681. The first-order chi connectivity index (χ1) is 15.7. The van der Waals surface area contributed by atoms with E-state index in [1.807, 2.05) is 0 Å². The Balaban J connectivity index is 1.93. The first-order valence-corrected chi connectivity index (χ1v) is 11.2. The second-order valence-corrected chi connectivity index (χ2v) is 9.27. The minimum Gasteiger partial charge on any atom is -0.394 e. The van der Waals surface area contributed by atoms with Crippen molar-refractivity contribution in [3.63, 3.8) is 0 Å². The molecule has 0 fully saturated rings. The van der Waals surface area contributed by atoms with Crippen molar-refractivity contribution in [2.75, 3.05) is 13.2 Å². The highest BCUT2D eigenvalue weighted by Gasteiger charge is 2.52. The van der Waals surface area contributed by atoms with Gasteiger partial charge in [0.15, 0.2) is 5.72 Å². The molecule has 0 bridgehead atoms. The van der Waals surface area contributed by atoms with Crippen LogP contribution in [0.5, 0.6) is 0 Å². The van der Waals surface area contributed by atoms with Crippen LogP contribution < -0.4 is 0 Å². The SMILES string of the molecule is CC(C)(O)c1ccc2c(c1)C(=O)N(Cc1ccc(Cl)cn1)[C@@]2(OCCO)c1ccc(Cl)cc1. The van der Waals surface area contributed by atoms with Crippen LogP contribution in [0.4, 0.5) is 0 Å². The molecule has 2 aromatic carbocycles. The van der Waals surface area contributed by atoms with Gasteiger partial charge >= 0.3 is 0 Å². The third-order valence-corrected chi connectivity index (χ3v) is 6.17. The van der Waals surface area contributed by atoms with E-state index in [1.54, 1.807) is 73.3 Å². The number of hydrogen-bond acceptors (Lipinski definition) is 5. The molecule has 2 N–H and O–H groups in total. The Morgan fingerprint density at radius 2 is 1.76 bits per heavy atom. The molecule has 0 saturated heterocycles. The van der Waals surface area contributed by atoms with E-state index in [0.717, 1.165) is 0 Å². The van der Waals surface area contributed by atoms with Gasteiger partial charge in [0.1, 0.15) is 0 Å². The number of amides is 1. The van der Waals surface area contributed by atoms with Crippen molar-refractivity contribution in [3.05, 3.63) is 98.8 Å². The molecule has 1 atom stereocenters. The summed E-state index contributed by atoms with van der Waals surface area (Å²) in [5, 5.41) is 21.2. The number of aliphatic hydroxyl groups excluding tert-OH is 1. The Kier molecular flexibility index (Phi) is 6.49. The molecule has 1 amide bonds. The van der Waals surface area contributed by atoms with Gasteiger partial charge in [-0.2, -0.15) is 0 Å². The maximum absolute atomic E-state index is 13.8. The summed E-state index contributed by atoms with van der Waals surface area (Å²) >= 11 is 12.1. The smallest absolute Gasteiger partial charge is 0.257 e. The van der Waals surface area contributed by atoms with Crippen LogP contribution >= 0.6 is 23.2 Å². The normalized spacial score (nSPS) is 18.0. The molecule has 0 spiro atoms. The Labute approximate surface area is 202 Å². The van der Waals surface area contributed by atoms with Gasteiger partial charge in [-0.3, -0.25) is 14.7 Å². The van der Waals surface area contributed by atoms with Gasteiger partial charge in [0.05, 0.1) is 36.1 Å². The topological polar surface area (TPSA) is 82.9 Å². The summed E-state index contributed by atoms with van der Waals surface area (Å²) in [6.45, 7) is 3.23. The lowest BCUT2D eigenvalue weighted by molar-refractivity contribution is -0.119. The molecular formula is C25H24Cl2N2O4. The van der Waals surface area contributed by atoms with Crippen molar-refractivity contribution in [2.24, 2.45) is 0 Å². The third-order valence-electron chi connectivity index (χ3n) is 5.69. The van der Waals surface area contributed by atoms with Gasteiger partial charge in [-0.1, -0.05) is 47.5 Å². The summed E-state index contributed by atoms with van der Waals surface area (Å²) in [7, 11) is 0. The van der Waals surface area contributed by atoms with Crippen molar-refractivity contribution in [1.29, 1.82) is 0 Å². The second-order valence-electron chi connectivity index (χ2n) is 8.40. The summed E-state index contributed by atoms with van der Waals surface area (Å²) in [5.74, 6) is -0.277. The summed E-state index contributed by atoms with van der Waals surface area (Å²) in [6.07, 6.45) is 1.52. The average Bonchev–Trinajstić information content (AvgIpc) is 3.02. The number of halogens is 2. The number of hydrogen-bond donors (Lipinski definition) is 2. The third kappa shape index (κ3) is 4.37. The van der Waals surface area contributed by atoms with E-state index in [1.165, 1.54) is 6.20 Å². The lowest BCUT2D eigenvalue weighted by atomic mass is 9.89. The first-order valence-electron chi connectivity index (χ1n) is 10.5. The molecule has 0 unspecified atom stereocenters. The molecule has 6 nitrogen and oxygen atoms in total. The maximum Gasteiger partial charge on any atom is 0.257 e. The van der Waals surface area contributed by atoms with E-state index in [0.29, 0.717) is 38.0 Å².